The standard InChI is InChI=1S/C8H10N2O2/c1-6(9)7-2-4-8(5-3-7)10(11)12/h2-6H,9H2,1H3/p+1. The van der Waals surface area contributed by atoms with Crippen molar-refractivity contribution in [1.29, 1.82) is 0 Å². The SMILES string of the molecule is CC([NH3+])c1ccc([N+](=O)[O-])cc1. The first-order valence-electron chi connectivity index (χ1n) is 3.68. The van der Waals surface area contributed by atoms with Gasteiger partial charge in [-0.1, -0.05) is 0 Å². The second-order valence-corrected chi connectivity index (χ2v) is 2.75. The molecule has 0 heterocycles. The highest BCUT2D eigenvalue weighted by molar-refractivity contribution is 5.33. The van der Waals surface area contributed by atoms with Crippen LogP contribution < -0.4 is 5.73 Å². The predicted octanol–water partition coefficient (Wildman–Crippen LogP) is 0.898. The van der Waals surface area contributed by atoms with Crippen LogP contribution in [0.4, 0.5) is 5.69 Å². The van der Waals surface area contributed by atoms with Gasteiger partial charge in [-0.05, 0) is 19.1 Å². The van der Waals surface area contributed by atoms with Crippen molar-refractivity contribution < 1.29 is 10.7 Å². The van der Waals surface area contributed by atoms with Gasteiger partial charge in [-0.15, -0.1) is 0 Å². The lowest BCUT2D eigenvalue weighted by molar-refractivity contribution is -0.420. The summed E-state index contributed by atoms with van der Waals surface area (Å²) in [6.45, 7) is 1.95. The molecule has 0 saturated heterocycles. The number of hydrogen-bond donors (Lipinski definition) is 1. The van der Waals surface area contributed by atoms with E-state index in [4.69, 9.17) is 0 Å². The fourth-order valence-electron chi connectivity index (χ4n) is 0.925. The lowest BCUT2D eigenvalue weighted by Gasteiger charge is -2.00. The molecule has 4 nitrogen and oxygen atoms in total. The minimum Gasteiger partial charge on any atom is -0.352 e. The van der Waals surface area contributed by atoms with Gasteiger partial charge in [0.15, 0.2) is 0 Å². The Morgan fingerprint density at radius 2 is 1.92 bits per heavy atom. The maximum absolute atomic E-state index is 10.3. The third kappa shape index (κ3) is 1.79. The maximum Gasteiger partial charge on any atom is 0.269 e. The van der Waals surface area contributed by atoms with Crippen LogP contribution in [0.25, 0.3) is 0 Å². The number of nitro groups is 1. The Kier molecular flexibility index (Phi) is 2.40. The number of non-ortho nitro benzene ring substituents is 1. The summed E-state index contributed by atoms with van der Waals surface area (Å²) in [5, 5.41) is 10.3. The maximum atomic E-state index is 10.3. The number of quaternary nitrogens is 1. The van der Waals surface area contributed by atoms with Crippen molar-refractivity contribution in [3.8, 4) is 0 Å². The fraction of sp³-hybridized carbons (Fsp3) is 0.250. The van der Waals surface area contributed by atoms with Gasteiger partial charge in [0.25, 0.3) is 5.69 Å². The minimum absolute atomic E-state index is 0.124. The molecule has 0 aliphatic rings. The minimum atomic E-state index is -0.405. The van der Waals surface area contributed by atoms with Crippen molar-refractivity contribution >= 4 is 5.69 Å². The molecular weight excluding hydrogens is 156 g/mol. The summed E-state index contributed by atoms with van der Waals surface area (Å²) in [6, 6.07) is 6.63. The van der Waals surface area contributed by atoms with Gasteiger partial charge >= 0.3 is 0 Å². The molecule has 0 radical (unpaired) electrons. The number of hydrogen-bond acceptors (Lipinski definition) is 2. The molecule has 64 valence electrons. The molecule has 12 heavy (non-hydrogen) atoms. The van der Waals surface area contributed by atoms with E-state index >= 15 is 0 Å². The molecule has 0 amide bonds. The highest BCUT2D eigenvalue weighted by Gasteiger charge is 2.06. The van der Waals surface area contributed by atoms with E-state index in [1.165, 1.54) is 12.1 Å². The average molecular weight is 167 g/mol. The Bertz CT molecular complexity index is 280. The zero-order valence-electron chi connectivity index (χ0n) is 6.86. The van der Waals surface area contributed by atoms with Crippen LogP contribution in [-0.2, 0) is 0 Å². The van der Waals surface area contributed by atoms with Gasteiger partial charge in [0.05, 0.1) is 4.92 Å². The summed E-state index contributed by atoms with van der Waals surface area (Å²) < 4.78 is 0. The number of benzene rings is 1. The van der Waals surface area contributed by atoms with Crippen molar-refractivity contribution in [1.82, 2.24) is 0 Å². The highest BCUT2D eigenvalue weighted by atomic mass is 16.6. The molecule has 1 atom stereocenters. The smallest absolute Gasteiger partial charge is 0.269 e. The van der Waals surface area contributed by atoms with E-state index in [1.807, 2.05) is 6.92 Å². The largest absolute Gasteiger partial charge is 0.352 e. The molecule has 3 N–H and O–H groups in total. The highest BCUT2D eigenvalue weighted by Crippen LogP contribution is 2.14. The van der Waals surface area contributed by atoms with Crippen LogP contribution in [0.3, 0.4) is 0 Å². The summed E-state index contributed by atoms with van der Waals surface area (Å²) >= 11 is 0. The number of rotatable bonds is 2. The van der Waals surface area contributed by atoms with Crippen molar-refractivity contribution in [2.45, 2.75) is 13.0 Å². The molecule has 0 spiro atoms. The quantitative estimate of drug-likeness (QED) is 0.525. The second kappa shape index (κ2) is 3.32. The molecule has 4 heteroatoms. The first kappa shape index (κ1) is 8.67. The second-order valence-electron chi connectivity index (χ2n) is 2.75. The Morgan fingerprint density at radius 1 is 1.42 bits per heavy atom. The van der Waals surface area contributed by atoms with Crippen molar-refractivity contribution in [3.05, 3.63) is 39.9 Å². The van der Waals surface area contributed by atoms with Crippen LogP contribution in [0.2, 0.25) is 0 Å². The monoisotopic (exact) mass is 167 g/mol. The first-order chi connectivity index (χ1) is 5.61. The van der Waals surface area contributed by atoms with E-state index in [2.05, 4.69) is 5.73 Å². The van der Waals surface area contributed by atoms with Crippen LogP contribution in [-0.4, -0.2) is 4.92 Å². The van der Waals surface area contributed by atoms with Gasteiger partial charge in [0.1, 0.15) is 6.04 Å². The summed E-state index contributed by atoms with van der Waals surface area (Å²) in [6.07, 6.45) is 0. The lowest BCUT2D eigenvalue weighted by Crippen LogP contribution is -2.51. The summed E-state index contributed by atoms with van der Waals surface area (Å²) in [7, 11) is 0. The van der Waals surface area contributed by atoms with Crippen LogP contribution in [0.5, 0.6) is 0 Å². The van der Waals surface area contributed by atoms with Gasteiger partial charge in [0.2, 0.25) is 0 Å². The Morgan fingerprint density at radius 3 is 2.25 bits per heavy atom. The number of nitro benzene ring substituents is 1. The van der Waals surface area contributed by atoms with Gasteiger partial charge in [-0.25, -0.2) is 0 Å². The Balaban J connectivity index is 2.93. The molecular formula is C8H11N2O2+. The van der Waals surface area contributed by atoms with Crippen LogP contribution >= 0.6 is 0 Å². The van der Waals surface area contributed by atoms with E-state index in [0.29, 0.717) is 0 Å². The third-order valence-corrected chi connectivity index (χ3v) is 1.67. The molecule has 0 bridgehead atoms. The normalized spacial score (nSPS) is 12.5. The van der Waals surface area contributed by atoms with Gasteiger partial charge in [-0.2, -0.15) is 0 Å². The van der Waals surface area contributed by atoms with E-state index in [9.17, 15) is 10.1 Å². The third-order valence-electron chi connectivity index (χ3n) is 1.67. The van der Waals surface area contributed by atoms with Crippen LogP contribution in [0.1, 0.15) is 18.5 Å². The van der Waals surface area contributed by atoms with E-state index in [0.717, 1.165) is 5.56 Å². The molecule has 0 aromatic heterocycles. The zero-order valence-corrected chi connectivity index (χ0v) is 6.86. The van der Waals surface area contributed by atoms with Crippen molar-refractivity contribution in [2.24, 2.45) is 0 Å². The van der Waals surface area contributed by atoms with Crippen molar-refractivity contribution in [3.63, 3.8) is 0 Å². The molecule has 1 aromatic carbocycles. The molecule has 1 unspecified atom stereocenters. The van der Waals surface area contributed by atoms with E-state index in [1.54, 1.807) is 12.1 Å². The molecule has 0 aliphatic carbocycles. The van der Waals surface area contributed by atoms with E-state index < -0.39 is 4.92 Å². The van der Waals surface area contributed by atoms with Gasteiger partial charge in [0, 0.05) is 17.7 Å². The fourth-order valence-corrected chi connectivity index (χ4v) is 0.925. The zero-order chi connectivity index (χ0) is 9.14. The summed E-state index contributed by atoms with van der Waals surface area (Å²) in [4.78, 5) is 9.87. The summed E-state index contributed by atoms with van der Waals surface area (Å²) in [5.41, 5.74) is 4.95. The molecule has 0 fully saturated rings. The summed E-state index contributed by atoms with van der Waals surface area (Å²) in [5.74, 6) is 0. The van der Waals surface area contributed by atoms with Crippen molar-refractivity contribution in [2.75, 3.05) is 0 Å². The van der Waals surface area contributed by atoms with Crippen LogP contribution in [0, 0.1) is 10.1 Å². The Labute approximate surface area is 70.2 Å². The average Bonchev–Trinajstić information content (AvgIpc) is 2.04. The van der Waals surface area contributed by atoms with Gasteiger partial charge < -0.3 is 5.73 Å². The Hall–Kier alpha value is -1.42. The first-order valence-corrected chi connectivity index (χ1v) is 3.68. The lowest BCUT2D eigenvalue weighted by atomic mass is 10.1. The number of nitrogens with zero attached hydrogens (tertiary/aromatic N) is 1. The molecule has 1 aromatic rings. The van der Waals surface area contributed by atoms with E-state index in [-0.39, 0.29) is 11.7 Å². The van der Waals surface area contributed by atoms with Gasteiger partial charge in [-0.3, -0.25) is 10.1 Å². The molecule has 0 aliphatic heterocycles. The predicted molar refractivity (Wildman–Crippen MR) is 44.4 cm³/mol. The topological polar surface area (TPSA) is 70.8 Å². The molecule has 1 rings (SSSR count). The molecule has 0 saturated carbocycles. The van der Waals surface area contributed by atoms with Crippen LogP contribution in [0.15, 0.2) is 24.3 Å².